The highest BCUT2D eigenvalue weighted by Gasteiger charge is 2.32. The van der Waals surface area contributed by atoms with Crippen molar-refractivity contribution < 1.29 is 28.7 Å². The minimum Gasteiger partial charge on any atom is -0.479 e. The first-order chi connectivity index (χ1) is 15.3. The van der Waals surface area contributed by atoms with Gasteiger partial charge in [-0.3, -0.25) is 19.2 Å². The number of benzene rings is 1. The van der Waals surface area contributed by atoms with Crippen molar-refractivity contribution in [2.24, 2.45) is 5.92 Å². The number of fused-ring (bicyclic) bond motifs is 1. The molecular weight excluding hydrogens is 414 g/mol. The number of anilines is 1. The van der Waals surface area contributed by atoms with Gasteiger partial charge in [-0.2, -0.15) is 0 Å². The molecule has 0 spiro atoms. The van der Waals surface area contributed by atoms with Crippen LogP contribution in [-0.2, 0) is 23.9 Å². The van der Waals surface area contributed by atoms with Crippen molar-refractivity contribution in [2.75, 3.05) is 44.7 Å². The van der Waals surface area contributed by atoms with Crippen LogP contribution in [0.1, 0.15) is 33.1 Å². The van der Waals surface area contributed by atoms with Crippen LogP contribution in [0.4, 0.5) is 5.69 Å². The first kappa shape index (κ1) is 23.6. The van der Waals surface area contributed by atoms with Crippen molar-refractivity contribution in [3.63, 3.8) is 0 Å². The first-order valence-corrected chi connectivity index (χ1v) is 11.1. The van der Waals surface area contributed by atoms with Gasteiger partial charge in [0.2, 0.25) is 11.8 Å². The van der Waals surface area contributed by atoms with Crippen LogP contribution in [0.15, 0.2) is 24.3 Å². The molecule has 0 aromatic heterocycles. The standard InChI is InChI=1S/C23H31N3O6/c1-4-31-23(30)17-9-12-25(13-10-17)21(28)15-24(3)20(27)11-14-26-18-7-5-6-8-19(18)32-16(2)22(26)29/h5-8,16-17H,4,9-15H2,1-3H3. The number of piperidine rings is 1. The molecular formula is C23H31N3O6. The van der Waals surface area contributed by atoms with Gasteiger partial charge in [-0.1, -0.05) is 12.1 Å². The zero-order chi connectivity index (χ0) is 23.3. The summed E-state index contributed by atoms with van der Waals surface area (Å²) in [7, 11) is 1.59. The SMILES string of the molecule is CCOC(=O)C1CCN(C(=O)CN(C)C(=O)CCN2C(=O)C(C)Oc3ccccc32)CC1. The van der Waals surface area contributed by atoms with Gasteiger partial charge >= 0.3 is 5.97 Å². The topological polar surface area (TPSA) is 96.5 Å². The van der Waals surface area contributed by atoms with Crippen LogP contribution in [0.5, 0.6) is 5.75 Å². The number of ether oxygens (including phenoxy) is 2. The van der Waals surface area contributed by atoms with Gasteiger partial charge in [0.25, 0.3) is 5.91 Å². The summed E-state index contributed by atoms with van der Waals surface area (Å²) in [6.07, 6.45) is 0.622. The number of amides is 3. The molecule has 0 N–H and O–H groups in total. The number of esters is 1. The Labute approximate surface area is 188 Å². The van der Waals surface area contributed by atoms with Crippen LogP contribution in [0, 0.1) is 5.92 Å². The third-order valence-electron chi connectivity index (χ3n) is 5.89. The highest BCUT2D eigenvalue weighted by molar-refractivity contribution is 6.00. The summed E-state index contributed by atoms with van der Waals surface area (Å²) >= 11 is 0. The predicted octanol–water partition coefficient (Wildman–Crippen LogP) is 1.45. The zero-order valence-electron chi connectivity index (χ0n) is 18.9. The molecule has 3 rings (SSSR count). The molecule has 2 heterocycles. The lowest BCUT2D eigenvalue weighted by atomic mass is 9.97. The van der Waals surface area contributed by atoms with Crippen molar-refractivity contribution in [3.8, 4) is 5.75 Å². The summed E-state index contributed by atoms with van der Waals surface area (Å²) in [5.74, 6) is -0.328. The van der Waals surface area contributed by atoms with E-state index < -0.39 is 6.10 Å². The Morgan fingerprint density at radius 1 is 1.19 bits per heavy atom. The summed E-state index contributed by atoms with van der Waals surface area (Å²) in [6.45, 7) is 4.94. The molecule has 2 aliphatic heterocycles. The van der Waals surface area contributed by atoms with E-state index in [0.717, 1.165) is 0 Å². The Kier molecular flexibility index (Phi) is 7.71. The van der Waals surface area contributed by atoms with Crippen molar-refractivity contribution in [3.05, 3.63) is 24.3 Å². The first-order valence-electron chi connectivity index (χ1n) is 11.1. The third-order valence-corrected chi connectivity index (χ3v) is 5.89. The zero-order valence-corrected chi connectivity index (χ0v) is 18.9. The van der Waals surface area contributed by atoms with Crippen LogP contribution in [0.25, 0.3) is 0 Å². The molecule has 9 heteroatoms. The van der Waals surface area contributed by atoms with Gasteiger partial charge in [0, 0.05) is 33.1 Å². The van der Waals surface area contributed by atoms with Gasteiger partial charge in [0.05, 0.1) is 24.8 Å². The fourth-order valence-corrected chi connectivity index (χ4v) is 4.00. The maximum atomic E-state index is 12.6. The van der Waals surface area contributed by atoms with E-state index >= 15 is 0 Å². The van der Waals surface area contributed by atoms with E-state index in [0.29, 0.717) is 44.0 Å². The lowest BCUT2D eigenvalue weighted by molar-refractivity contribution is -0.151. The molecule has 1 atom stereocenters. The van der Waals surface area contributed by atoms with E-state index in [1.54, 1.807) is 42.8 Å². The number of carbonyl (C=O) groups is 4. The number of rotatable bonds is 7. The molecule has 2 aliphatic rings. The van der Waals surface area contributed by atoms with E-state index in [1.165, 1.54) is 4.90 Å². The molecule has 1 aromatic rings. The van der Waals surface area contributed by atoms with Crippen molar-refractivity contribution >= 4 is 29.4 Å². The Balaban J connectivity index is 1.49. The molecule has 1 aromatic carbocycles. The molecule has 1 saturated heterocycles. The molecule has 0 aliphatic carbocycles. The lowest BCUT2D eigenvalue weighted by Crippen LogP contribution is -2.47. The summed E-state index contributed by atoms with van der Waals surface area (Å²) in [6, 6.07) is 7.23. The van der Waals surface area contributed by atoms with E-state index in [-0.39, 0.29) is 49.1 Å². The Bertz CT molecular complexity index is 865. The van der Waals surface area contributed by atoms with Crippen LogP contribution in [0.2, 0.25) is 0 Å². The molecule has 32 heavy (non-hydrogen) atoms. The second-order valence-corrected chi connectivity index (χ2v) is 8.12. The number of carbonyl (C=O) groups excluding carboxylic acids is 4. The Morgan fingerprint density at radius 3 is 2.56 bits per heavy atom. The molecule has 1 fully saturated rings. The third kappa shape index (κ3) is 5.38. The van der Waals surface area contributed by atoms with E-state index in [9.17, 15) is 19.2 Å². The van der Waals surface area contributed by atoms with E-state index in [4.69, 9.17) is 9.47 Å². The van der Waals surface area contributed by atoms with Gasteiger partial charge in [-0.25, -0.2) is 0 Å². The second kappa shape index (κ2) is 10.5. The maximum Gasteiger partial charge on any atom is 0.309 e. The monoisotopic (exact) mass is 445 g/mol. The van der Waals surface area contributed by atoms with Crippen molar-refractivity contribution in [2.45, 2.75) is 39.2 Å². The Hall–Kier alpha value is -3.10. The van der Waals surface area contributed by atoms with Gasteiger partial charge in [0.1, 0.15) is 5.75 Å². The van der Waals surface area contributed by atoms with Crippen molar-refractivity contribution in [1.29, 1.82) is 0 Å². The summed E-state index contributed by atoms with van der Waals surface area (Å²) in [5, 5.41) is 0. The van der Waals surface area contributed by atoms with Crippen LogP contribution in [0.3, 0.4) is 0 Å². The van der Waals surface area contributed by atoms with Gasteiger partial charge in [-0.15, -0.1) is 0 Å². The number of hydrogen-bond donors (Lipinski definition) is 0. The molecule has 0 bridgehead atoms. The number of nitrogens with zero attached hydrogens (tertiary/aromatic N) is 3. The van der Waals surface area contributed by atoms with Gasteiger partial charge in [-0.05, 0) is 38.8 Å². The molecule has 174 valence electrons. The average Bonchev–Trinajstić information content (AvgIpc) is 2.79. The van der Waals surface area contributed by atoms with Crippen LogP contribution < -0.4 is 9.64 Å². The summed E-state index contributed by atoms with van der Waals surface area (Å²) in [5.41, 5.74) is 0.645. The molecule has 1 unspecified atom stereocenters. The number of para-hydroxylation sites is 2. The summed E-state index contributed by atoms with van der Waals surface area (Å²) in [4.78, 5) is 54.3. The highest BCUT2D eigenvalue weighted by Crippen LogP contribution is 2.33. The second-order valence-electron chi connectivity index (χ2n) is 8.12. The smallest absolute Gasteiger partial charge is 0.309 e. The predicted molar refractivity (Wildman–Crippen MR) is 117 cm³/mol. The minimum absolute atomic E-state index is 0.0348. The number of likely N-dealkylation sites (tertiary alicyclic amines) is 1. The molecule has 0 radical (unpaired) electrons. The normalized spacial score (nSPS) is 18.6. The molecule has 0 saturated carbocycles. The van der Waals surface area contributed by atoms with Gasteiger partial charge < -0.3 is 24.2 Å². The number of likely N-dealkylation sites (N-methyl/N-ethyl adjacent to an activating group) is 1. The van der Waals surface area contributed by atoms with Gasteiger partial charge in [0.15, 0.2) is 6.10 Å². The Morgan fingerprint density at radius 2 is 1.88 bits per heavy atom. The fraction of sp³-hybridized carbons (Fsp3) is 0.565. The van der Waals surface area contributed by atoms with Crippen LogP contribution in [-0.4, -0.2) is 79.4 Å². The highest BCUT2D eigenvalue weighted by atomic mass is 16.5. The maximum absolute atomic E-state index is 12.6. The van der Waals surface area contributed by atoms with E-state index in [2.05, 4.69) is 0 Å². The fourth-order valence-electron chi connectivity index (χ4n) is 4.00. The van der Waals surface area contributed by atoms with E-state index in [1.807, 2.05) is 12.1 Å². The quantitative estimate of drug-likeness (QED) is 0.590. The van der Waals surface area contributed by atoms with Crippen LogP contribution >= 0.6 is 0 Å². The molecule has 9 nitrogen and oxygen atoms in total. The van der Waals surface area contributed by atoms with Crippen molar-refractivity contribution in [1.82, 2.24) is 9.80 Å². The lowest BCUT2D eigenvalue weighted by Gasteiger charge is -2.33. The summed E-state index contributed by atoms with van der Waals surface area (Å²) < 4.78 is 10.7. The largest absolute Gasteiger partial charge is 0.479 e. The average molecular weight is 446 g/mol. The molecule has 3 amide bonds. The number of hydrogen-bond acceptors (Lipinski definition) is 6. The minimum atomic E-state index is -0.614.